The second-order valence-electron chi connectivity index (χ2n) is 3.63. The summed E-state index contributed by atoms with van der Waals surface area (Å²) in [4.78, 5) is 33.9. The summed E-state index contributed by atoms with van der Waals surface area (Å²) < 4.78 is 0. The summed E-state index contributed by atoms with van der Waals surface area (Å²) >= 11 is 0. The third-order valence-corrected chi connectivity index (χ3v) is 2.29. The first-order valence-corrected chi connectivity index (χ1v) is 5.10. The van der Waals surface area contributed by atoms with Gasteiger partial charge in [-0.2, -0.15) is 0 Å². The zero-order chi connectivity index (χ0) is 12.3. The van der Waals surface area contributed by atoms with E-state index < -0.39 is 0 Å². The van der Waals surface area contributed by atoms with Gasteiger partial charge < -0.3 is 14.9 Å². The van der Waals surface area contributed by atoms with Gasteiger partial charge in [0.1, 0.15) is 11.5 Å². The van der Waals surface area contributed by atoms with Crippen LogP contribution in [0, 0.1) is 0 Å². The summed E-state index contributed by atoms with van der Waals surface area (Å²) in [6, 6.07) is 4.48. The lowest BCUT2D eigenvalue weighted by Gasteiger charge is -2.15. The van der Waals surface area contributed by atoms with Crippen molar-refractivity contribution in [2.75, 3.05) is 7.05 Å². The summed E-state index contributed by atoms with van der Waals surface area (Å²) in [7, 11) is 1.65. The molecule has 6 nitrogen and oxygen atoms in total. The van der Waals surface area contributed by atoms with Crippen molar-refractivity contribution in [3.63, 3.8) is 0 Å². The van der Waals surface area contributed by atoms with Gasteiger partial charge in [0.2, 0.25) is 5.56 Å². The minimum Gasteiger partial charge on any atom is -0.347 e. The Morgan fingerprint density at radius 2 is 2.29 bits per heavy atom. The van der Waals surface area contributed by atoms with E-state index in [4.69, 9.17) is 0 Å². The maximum atomic E-state index is 11.9. The molecule has 2 N–H and O–H groups in total. The Morgan fingerprint density at radius 1 is 1.47 bits per heavy atom. The Morgan fingerprint density at radius 3 is 2.94 bits per heavy atom. The van der Waals surface area contributed by atoms with E-state index in [2.05, 4.69) is 15.0 Å². The number of aromatic amines is 2. The second-order valence-corrected chi connectivity index (χ2v) is 3.63. The van der Waals surface area contributed by atoms with Crippen molar-refractivity contribution < 1.29 is 4.79 Å². The minimum absolute atomic E-state index is 0.251. The van der Waals surface area contributed by atoms with Crippen molar-refractivity contribution in [2.45, 2.75) is 6.54 Å². The molecule has 0 aliphatic heterocycles. The number of imidazole rings is 1. The first kappa shape index (κ1) is 11.1. The number of hydrogen-bond acceptors (Lipinski definition) is 3. The second kappa shape index (κ2) is 4.65. The van der Waals surface area contributed by atoms with Gasteiger partial charge in [-0.3, -0.25) is 9.59 Å². The molecule has 0 unspecified atom stereocenters. The molecule has 2 rings (SSSR count). The Bertz CT molecular complexity index is 559. The van der Waals surface area contributed by atoms with Gasteiger partial charge in [0.15, 0.2) is 0 Å². The predicted molar refractivity (Wildman–Crippen MR) is 61.4 cm³/mol. The highest BCUT2D eigenvalue weighted by atomic mass is 16.2. The molecule has 0 aromatic carbocycles. The summed E-state index contributed by atoms with van der Waals surface area (Å²) in [6.07, 6.45) is 3.32. The maximum Gasteiger partial charge on any atom is 0.270 e. The standard InChI is InChI=1S/C11H12N4O2/c1-15(7-9-12-5-6-13-9)11(17)8-3-2-4-10(16)14-8/h2-6H,7H2,1H3,(H,12,13)(H,14,16). The van der Waals surface area contributed by atoms with Gasteiger partial charge in [0.05, 0.1) is 6.54 Å². The van der Waals surface area contributed by atoms with Gasteiger partial charge >= 0.3 is 0 Å². The first-order chi connectivity index (χ1) is 8.16. The number of nitrogens with zero attached hydrogens (tertiary/aromatic N) is 2. The molecule has 0 atom stereocenters. The predicted octanol–water partition coefficient (Wildman–Crippen LogP) is 0.370. The topological polar surface area (TPSA) is 81.8 Å². The molecule has 0 radical (unpaired) electrons. The number of carbonyl (C=O) groups excluding carboxylic acids is 1. The van der Waals surface area contributed by atoms with Crippen molar-refractivity contribution in [3.8, 4) is 0 Å². The van der Waals surface area contributed by atoms with Crippen LogP contribution in [0.2, 0.25) is 0 Å². The summed E-state index contributed by atoms with van der Waals surface area (Å²) in [5.74, 6) is 0.443. The number of carbonyl (C=O) groups is 1. The summed E-state index contributed by atoms with van der Waals surface area (Å²) in [5.41, 5.74) is -0.0196. The number of pyridine rings is 1. The first-order valence-electron chi connectivity index (χ1n) is 5.10. The Labute approximate surface area is 97.3 Å². The van der Waals surface area contributed by atoms with Gasteiger partial charge in [-0.25, -0.2) is 4.98 Å². The van der Waals surface area contributed by atoms with Crippen LogP contribution in [-0.2, 0) is 6.54 Å². The Kier molecular flexibility index (Phi) is 3.04. The number of nitrogens with one attached hydrogen (secondary N) is 2. The number of aromatic nitrogens is 3. The van der Waals surface area contributed by atoms with Crippen molar-refractivity contribution >= 4 is 5.91 Å². The molecule has 0 fully saturated rings. The average Bonchev–Trinajstić information content (AvgIpc) is 2.80. The highest BCUT2D eigenvalue weighted by molar-refractivity contribution is 5.91. The zero-order valence-corrected chi connectivity index (χ0v) is 9.30. The van der Waals surface area contributed by atoms with Crippen LogP contribution >= 0.6 is 0 Å². The average molecular weight is 232 g/mol. The number of H-pyrrole nitrogens is 2. The van der Waals surface area contributed by atoms with E-state index in [1.165, 1.54) is 11.0 Å². The molecule has 2 aromatic rings. The van der Waals surface area contributed by atoms with E-state index in [-0.39, 0.29) is 17.2 Å². The van der Waals surface area contributed by atoms with Crippen molar-refractivity contribution in [1.82, 2.24) is 19.9 Å². The van der Waals surface area contributed by atoms with E-state index in [9.17, 15) is 9.59 Å². The fourth-order valence-corrected chi connectivity index (χ4v) is 1.46. The monoisotopic (exact) mass is 232 g/mol. The molecule has 0 aliphatic carbocycles. The summed E-state index contributed by atoms with van der Waals surface area (Å²) in [5, 5.41) is 0. The number of rotatable bonds is 3. The number of hydrogen-bond donors (Lipinski definition) is 2. The lowest BCUT2D eigenvalue weighted by molar-refractivity contribution is 0.0776. The fourth-order valence-electron chi connectivity index (χ4n) is 1.46. The van der Waals surface area contributed by atoms with E-state index in [1.807, 2.05) is 0 Å². The molecule has 2 heterocycles. The van der Waals surface area contributed by atoms with Gasteiger partial charge in [-0.1, -0.05) is 6.07 Å². The molecule has 0 saturated carbocycles. The van der Waals surface area contributed by atoms with Gasteiger partial charge in [-0.15, -0.1) is 0 Å². The van der Waals surface area contributed by atoms with Crippen molar-refractivity contribution in [1.29, 1.82) is 0 Å². The molecule has 0 bridgehead atoms. The van der Waals surface area contributed by atoms with Crippen molar-refractivity contribution in [3.05, 3.63) is 52.5 Å². The SMILES string of the molecule is CN(Cc1ncc[nH]1)C(=O)c1cccc(=O)[nH]1. The third-order valence-electron chi connectivity index (χ3n) is 2.29. The van der Waals surface area contributed by atoms with Crippen LogP contribution in [0.1, 0.15) is 16.3 Å². The van der Waals surface area contributed by atoms with Crippen molar-refractivity contribution in [2.24, 2.45) is 0 Å². The van der Waals surface area contributed by atoms with E-state index in [0.29, 0.717) is 12.4 Å². The lowest BCUT2D eigenvalue weighted by atomic mass is 10.3. The van der Waals surface area contributed by atoms with Crippen LogP contribution in [0.4, 0.5) is 0 Å². The molecule has 1 amide bonds. The lowest BCUT2D eigenvalue weighted by Crippen LogP contribution is -2.28. The largest absolute Gasteiger partial charge is 0.347 e. The van der Waals surface area contributed by atoms with E-state index >= 15 is 0 Å². The molecule has 17 heavy (non-hydrogen) atoms. The van der Waals surface area contributed by atoms with Gasteiger partial charge in [0, 0.05) is 25.5 Å². The molecular weight excluding hydrogens is 220 g/mol. The van der Waals surface area contributed by atoms with Crippen LogP contribution < -0.4 is 5.56 Å². The smallest absolute Gasteiger partial charge is 0.270 e. The molecule has 0 saturated heterocycles. The van der Waals surface area contributed by atoms with E-state index in [0.717, 1.165) is 0 Å². The highest BCUT2D eigenvalue weighted by Gasteiger charge is 2.13. The maximum absolute atomic E-state index is 11.9. The third kappa shape index (κ3) is 2.60. The normalized spacial score (nSPS) is 10.2. The van der Waals surface area contributed by atoms with Gasteiger partial charge in [0.25, 0.3) is 5.91 Å². The van der Waals surface area contributed by atoms with Crippen LogP contribution in [0.15, 0.2) is 35.4 Å². The molecule has 6 heteroatoms. The Hall–Kier alpha value is -2.37. The van der Waals surface area contributed by atoms with Crippen LogP contribution in [0.25, 0.3) is 0 Å². The van der Waals surface area contributed by atoms with Crippen LogP contribution in [0.3, 0.4) is 0 Å². The molecule has 2 aromatic heterocycles. The highest BCUT2D eigenvalue weighted by Crippen LogP contribution is 2.01. The van der Waals surface area contributed by atoms with E-state index in [1.54, 1.807) is 31.6 Å². The molecule has 88 valence electrons. The quantitative estimate of drug-likeness (QED) is 0.802. The summed E-state index contributed by atoms with van der Waals surface area (Å²) in [6.45, 7) is 0.364. The van der Waals surface area contributed by atoms with Crippen LogP contribution in [0.5, 0.6) is 0 Å². The zero-order valence-electron chi connectivity index (χ0n) is 9.30. The Balaban J connectivity index is 2.12. The van der Waals surface area contributed by atoms with Gasteiger partial charge in [-0.05, 0) is 6.07 Å². The molecular formula is C11H12N4O2. The van der Waals surface area contributed by atoms with Crippen LogP contribution in [-0.4, -0.2) is 32.8 Å². The minimum atomic E-state index is -0.290. The fraction of sp³-hybridized carbons (Fsp3) is 0.182. The molecule has 0 spiro atoms. The molecule has 0 aliphatic rings. The number of amides is 1.